The van der Waals surface area contributed by atoms with Crippen LogP contribution < -0.4 is 10.1 Å². The van der Waals surface area contributed by atoms with Gasteiger partial charge in [-0.05, 0) is 32.0 Å². The molecular weight excluding hydrogens is 264 g/mol. The molecule has 5 nitrogen and oxygen atoms in total. The third-order valence-electron chi connectivity index (χ3n) is 3.56. The highest BCUT2D eigenvalue weighted by atomic mass is 16.5. The standard InChI is InChI=1S/C16H24N4O/c1-5-7-18-15(10-13-9-12(2)19-20(13)3)14-6-8-17-11-16(14)21-4/h6,8-9,11,15,18H,5,7,10H2,1-4H3. The molecule has 0 fully saturated rings. The van der Waals surface area contributed by atoms with Gasteiger partial charge in [-0.1, -0.05) is 6.92 Å². The first-order valence-corrected chi connectivity index (χ1v) is 7.36. The second-order valence-corrected chi connectivity index (χ2v) is 5.23. The average molecular weight is 288 g/mol. The van der Waals surface area contributed by atoms with Crippen LogP contribution in [0.4, 0.5) is 0 Å². The lowest BCUT2D eigenvalue weighted by Crippen LogP contribution is -2.25. The summed E-state index contributed by atoms with van der Waals surface area (Å²) >= 11 is 0. The molecule has 0 spiro atoms. The first-order chi connectivity index (χ1) is 10.2. The average Bonchev–Trinajstić information content (AvgIpc) is 2.81. The number of nitrogens with one attached hydrogen (secondary N) is 1. The maximum absolute atomic E-state index is 5.45. The maximum atomic E-state index is 5.45. The molecule has 0 amide bonds. The van der Waals surface area contributed by atoms with Gasteiger partial charge in [-0.2, -0.15) is 5.10 Å². The van der Waals surface area contributed by atoms with Crippen molar-refractivity contribution >= 4 is 0 Å². The SMILES string of the molecule is CCCNC(Cc1cc(C)nn1C)c1ccncc1OC. The summed E-state index contributed by atoms with van der Waals surface area (Å²) in [6, 6.07) is 4.35. The molecule has 1 atom stereocenters. The molecule has 114 valence electrons. The highest BCUT2D eigenvalue weighted by Gasteiger charge is 2.18. The zero-order valence-corrected chi connectivity index (χ0v) is 13.3. The van der Waals surface area contributed by atoms with Gasteiger partial charge in [0.2, 0.25) is 0 Å². The van der Waals surface area contributed by atoms with Crippen molar-refractivity contribution in [1.29, 1.82) is 0 Å². The molecule has 0 aliphatic heterocycles. The number of pyridine rings is 1. The van der Waals surface area contributed by atoms with Crippen molar-refractivity contribution in [3.05, 3.63) is 41.5 Å². The predicted molar refractivity (Wildman–Crippen MR) is 83.5 cm³/mol. The van der Waals surface area contributed by atoms with Crippen molar-refractivity contribution in [2.75, 3.05) is 13.7 Å². The summed E-state index contributed by atoms with van der Waals surface area (Å²) in [6.45, 7) is 5.15. The molecule has 0 saturated carbocycles. The third kappa shape index (κ3) is 3.82. The van der Waals surface area contributed by atoms with E-state index in [1.54, 1.807) is 13.3 Å². The fourth-order valence-corrected chi connectivity index (χ4v) is 2.52. The number of methoxy groups -OCH3 is 1. The van der Waals surface area contributed by atoms with Gasteiger partial charge in [0.15, 0.2) is 0 Å². The Hall–Kier alpha value is -1.88. The second-order valence-electron chi connectivity index (χ2n) is 5.23. The third-order valence-corrected chi connectivity index (χ3v) is 3.56. The Balaban J connectivity index is 2.27. The Kier molecular flexibility index (Phi) is 5.33. The fraction of sp³-hybridized carbons (Fsp3) is 0.500. The largest absolute Gasteiger partial charge is 0.495 e. The van der Waals surface area contributed by atoms with Crippen molar-refractivity contribution < 1.29 is 4.74 Å². The molecule has 0 aliphatic carbocycles. The number of aryl methyl sites for hydroxylation is 2. The molecule has 1 N–H and O–H groups in total. The number of ether oxygens (including phenoxy) is 1. The molecule has 0 radical (unpaired) electrons. The Morgan fingerprint density at radius 1 is 1.43 bits per heavy atom. The quantitative estimate of drug-likeness (QED) is 0.850. The van der Waals surface area contributed by atoms with Crippen LogP contribution in [-0.4, -0.2) is 28.4 Å². The summed E-state index contributed by atoms with van der Waals surface area (Å²) in [6.07, 6.45) is 5.55. The van der Waals surface area contributed by atoms with Crippen molar-refractivity contribution in [2.24, 2.45) is 7.05 Å². The van der Waals surface area contributed by atoms with Gasteiger partial charge in [0.1, 0.15) is 5.75 Å². The minimum Gasteiger partial charge on any atom is -0.495 e. The van der Waals surface area contributed by atoms with Crippen LogP contribution in [0.15, 0.2) is 24.5 Å². The Morgan fingerprint density at radius 2 is 2.24 bits per heavy atom. The van der Waals surface area contributed by atoms with Crippen molar-refractivity contribution in [3.8, 4) is 5.75 Å². The zero-order chi connectivity index (χ0) is 15.2. The Labute approximate surface area is 126 Å². The minimum atomic E-state index is 0.192. The van der Waals surface area contributed by atoms with Crippen molar-refractivity contribution in [1.82, 2.24) is 20.1 Å². The smallest absolute Gasteiger partial charge is 0.141 e. The molecule has 21 heavy (non-hydrogen) atoms. The molecule has 2 aromatic heterocycles. The van der Waals surface area contributed by atoms with Crippen LogP contribution >= 0.6 is 0 Å². The van der Waals surface area contributed by atoms with E-state index in [2.05, 4.69) is 28.4 Å². The van der Waals surface area contributed by atoms with Gasteiger partial charge in [-0.25, -0.2) is 0 Å². The number of aromatic nitrogens is 3. The van der Waals surface area contributed by atoms with Gasteiger partial charge in [0.05, 0.1) is 19.0 Å². The van der Waals surface area contributed by atoms with Crippen molar-refractivity contribution in [2.45, 2.75) is 32.7 Å². The lowest BCUT2D eigenvalue weighted by Gasteiger charge is -2.21. The van der Waals surface area contributed by atoms with Gasteiger partial charge in [0.25, 0.3) is 0 Å². The van der Waals surface area contributed by atoms with E-state index in [0.717, 1.165) is 36.4 Å². The van der Waals surface area contributed by atoms with Crippen LogP contribution in [0.3, 0.4) is 0 Å². The topological polar surface area (TPSA) is 52.0 Å². The van der Waals surface area contributed by atoms with Gasteiger partial charge in [-0.15, -0.1) is 0 Å². The van der Waals surface area contributed by atoms with Crippen LogP contribution in [0.5, 0.6) is 5.75 Å². The fourth-order valence-electron chi connectivity index (χ4n) is 2.52. The molecule has 0 saturated heterocycles. The van der Waals surface area contributed by atoms with Gasteiger partial charge < -0.3 is 10.1 Å². The van der Waals surface area contributed by atoms with E-state index in [1.807, 2.05) is 30.9 Å². The summed E-state index contributed by atoms with van der Waals surface area (Å²) in [7, 11) is 3.68. The maximum Gasteiger partial charge on any atom is 0.141 e. The molecule has 0 bridgehead atoms. The van der Waals surface area contributed by atoms with E-state index in [9.17, 15) is 0 Å². The van der Waals surface area contributed by atoms with Gasteiger partial charge in [-0.3, -0.25) is 9.67 Å². The zero-order valence-electron chi connectivity index (χ0n) is 13.3. The number of hydrogen-bond donors (Lipinski definition) is 1. The number of nitrogens with zero attached hydrogens (tertiary/aromatic N) is 3. The molecule has 2 heterocycles. The lowest BCUT2D eigenvalue weighted by molar-refractivity contribution is 0.395. The number of hydrogen-bond acceptors (Lipinski definition) is 4. The highest BCUT2D eigenvalue weighted by Crippen LogP contribution is 2.26. The normalized spacial score (nSPS) is 12.4. The van der Waals surface area contributed by atoms with Gasteiger partial charge >= 0.3 is 0 Å². The van der Waals surface area contributed by atoms with Crippen LogP contribution in [0, 0.1) is 6.92 Å². The molecule has 0 aromatic carbocycles. The summed E-state index contributed by atoms with van der Waals surface area (Å²) < 4.78 is 7.40. The van der Waals surface area contributed by atoms with Crippen LogP contribution in [0.25, 0.3) is 0 Å². The second kappa shape index (κ2) is 7.22. The summed E-state index contributed by atoms with van der Waals surface area (Å²) in [5, 5.41) is 8.02. The minimum absolute atomic E-state index is 0.192. The Bertz CT molecular complexity index is 579. The molecule has 5 heteroatoms. The summed E-state index contributed by atoms with van der Waals surface area (Å²) in [4.78, 5) is 4.14. The molecule has 2 aromatic rings. The van der Waals surface area contributed by atoms with E-state index in [1.165, 1.54) is 5.69 Å². The van der Waals surface area contributed by atoms with E-state index in [0.29, 0.717) is 0 Å². The molecule has 0 aliphatic rings. The molecular formula is C16H24N4O. The number of rotatable bonds is 7. The Morgan fingerprint density at radius 3 is 2.86 bits per heavy atom. The van der Waals surface area contributed by atoms with Crippen LogP contribution in [0.1, 0.15) is 36.3 Å². The highest BCUT2D eigenvalue weighted by molar-refractivity contribution is 5.33. The molecule has 1 unspecified atom stereocenters. The molecule has 2 rings (SSSR count). The van der Waals surface area contributed by atoms with Crippen LogP contribution in [-0.2, 0) is 13.5 Å². The monoisotopic (exact) mass is 288 g/mol. The van der Waals surface area contributed by atoms with E-state index >= 15 is 0 Å². The summed E-state index contributed by atoms with van der Waals surface area (Å²) in [5.74, 6) is 0.824. The predicted octanol–water partition coefficient (Wildman–Crippen LogP) is 2.42. The first kappa shape index (κ1) is 15.5. The lowest BCUT2D eigenvalue weighted by atomic mass is 10.0. The van der Waals surface area contributed by atoms with Gasteiger partial charge in [0, 0.05) is 37.0 Å². The van der Waals surface area contributed by atoms with Crippen LogP contribution in [0.2, 0.25) is 0 Å². The van der Waals surface area contributed by atoms with Crippen molar-refractivity contribution in [3.63, 3.8) is 0 Å². The van der Waals surface area contributed by atoms with E-state index in [4.69, 9.17) is 4.74 Å². The van der Waals surface area contributed by atoms with E-state index in [-0.39, 0.29) is 6.04 Å². The summed E-state index contributed by atoms with van der Waals surface area (Å²) in [5.41, 5.74) is 3.39. The van der Waals surface area contributed by atoms with E-state index < -0.39 is 0 Å². The first-order valence-electron chi connectivity index (χ1n) is 7.36.